The van der Waals surface area contributed by atoms with Gasteiger partial charge < -0.3 is 10.3 Å². The van der Waals surface area contributed by atoms with Gasteiger partial charge in [-0.2, -0.15) is 0 Å². The molecule has 0 unspecified atom stereocenters. The average molecular weight is 351 g/mol. The highest BCUT2D eigenvalue weighted by molar-refractivity contribution is 5.88. The molecule has 3 aromatic rings. The largest absolute Gasteiger partial charge is 0.355 e. The molecule has 2 aromatic heterocycles. The van der Waals surface area contributed by atoms with Crippen LogP contribution in [0, 0.1) is 5.82 Å². The normalized spacial score (nSPS) is 20.2. The molecule has 3 heterocycles. The number of hydrogen-bond donors (Lipinski definition) is 2. The molecule has 0 spiro atoms. The minimum absolute atomic E-state index is 0.136. The first-order chi connectivity index (χ1) is 12.5. The molecule has 5 nitrogen and oxygen atoms in total. The average Bonchev–Trinajstić information content (AvgIpc) is 2.64. The molecule has 6 heteroatoms. The lowest BCUT2D eigenvalue weighted by molar-refractivity contribution is -0.128. The number of aromatic nitrogens is 2. The lowest BCUT2D eigenvalue weighted by atomic mass is 9.76. The molecule has 0 aliphatic carbocycles. The highest BCUT2D eigenvalue weighted by Gasteiger charge is 2.39. The Balaban J connectivity index is 1.79. The van der Waals surface area contributed by atoms with Gasteiger partial charge in [-0.05, 0) is 50.1 Å². The van der Waals surface area contributed by atoms with Gasteiger partial charge in [-0.25, -0.2) is 4.39 Å². The van der Waals surface area contributed by atoms with Crippen LogP contribution in [0.15, 0.2) is 47.4 Å². The molecule has 1 fully saturated rings. The van der Waals surface area contributed by atoms with Gasteiger partial charge in [0, 0.05) is 34.9 Å². The first-order valence-electron chi connectivity index (χ1n) is 8.56. The Bertz CT molecular complexity index is 1080. The number of amides is 1. The van der Waals surface area contributed by atoms with E-state index in [0.717, 1.165) is 6.42 Å². The smallest absolute Gasteiger partial charge is 0.252 e. The van der Waals surface area contributed by atoms with Crippen LogP contribution in [-0.4, -0.2) is 22.4 Å². The highest BCUT2D eigenvalue weighted by atomic mass is 19.1. The van der Waals surface area contributed by atoms with Gasteiger partial charge in [-0.1, -0.05) is 6.07 Å². The minimum atomic E-state index is -0.847. The van der Waals surface area contributed by atoms with Crippen LogP contribution >= 0.6 is 0 Å². The predicted octanol–water partition coefficient (Wildman–Crippen LogP) is 2.90. The van der Waals surface area contributed by atoms with Crippen LogP contribution in [0.3, 0.4) is 0 Å². The number of carbonyl (C=O) groups excluding carboxylic acids is 1. The van der Waals surface area contributed by atoms with Gasteiger partial charge in [0.15, 0.2) is 0 Å². The van der Waals surface area contributed by atoms with Crippen molar-refractivity contribution in [1.82, 2.24) is 15.3 Å². The summed E-state index contributed by atoms with van der Waals surface area (Å²) in [6.07, 6.45) is 3.04. The minimum Gasteiger partial charge on any atom is -0.355 e. The fourth-order valence-electron chi connectivity index (χ4n) is 3.58. The third-order valence-corrected chi connectivity index (χ3v) is 5.13. The van der Waals surface area contributed by atoms with E-state index in [4.69, 9.17) is 0 Å². The zero-order valence-electron chi connectivity index (χ0n) is 14.3. The van der Waals surface area contributed by atoms with Crippen molar-refractivity contribution in [3.8, 4) is 11.3 Å². The monoisotopic (exact) mass is 351 g/mol. The van der Waals surface area contributed by atoms with E-state index in [2.05, 4.69) is 15.3 Å². The highest BCUT2D eigenvalue weighted by Crippen LogP contribution is 2.30. The summed E-state index contributed by atoms with van der Waals surface area (Å²) >= 11 is 0. The number of pyridine rings is 2. The van der Waals surface area contributed by atoms with Crippen LogP contribution in [0.1, 0.15) is 25.3 Å². The van der Waals surface area contributed by atoms with E-state index in [9.17, 15) is 14.0 Å². The van der Waals surface area contributed by atoms with E-state index in [1.165, 1.54) is 6.07 Å². The standard InChI is InChI=1S/C20H18FN3O2/c1-20(7-3-9-23-19(20)26)14-5-6-16(24-18(14)25)12-10-15(21)13-4-2-8-22-17(13)11-12/h2,4-6,8,10-11H,3,7,9H2,1H3,(H,23,26)(H,24,25)/t20-/m1/s1. The van der Waals surface area contributed by atoms with Gasteiger partial charge in [0.1, 0.15) is 5.82 Å². The first kappa shape index (κ1) is 16.4. The van der Waals surface area contributed by atoms with Gasteiger partial charge in [0.25, 0.3) is 5.56 Å². The molecule has 0 bridgehead atoms. The summed E-state index contributed by atoms with van der Waals surface area (Å²) in [5.74, 6) is -0.530. The molecule has 2 N–H and O–H groups in total. The molecule has 1 saturated heterocycles. The van der Waals surface area contributed by atoms with E-state index in [1.54, 1.807) is 43.5 Å². The summed E-state index contributed by atoms with van der Waals surface area (Å²) in [5.41, 5.74) is 0.800. The van der Waals surface area contributed by atoms with Crippen molar-refractivity contribution >= 4 is 16.8 Å². The lowest BCUT2D eigenvalue weighted by Crippen LogP contribution is -2.49. The van der Waals surface area contributed by atoms with Gasteiger partial charge in [0.05, 0.1) is 10.9 Å². The fraction of sp³-hybridized carbons (Fsp3) is 0.250. The summed E-state index contributed by atoms with van der Waals surface area (Å²) < 4.78 is 14.3. The maximum atomic E-state index is 14.3. The van der Waals surface area contributed by atoms with E-state index in [0.29, 0.717) is 40.7 Å². The van der Waals surface area contributed by atoms with Crippen molar-refractivity contribution in [2.75, 3.05) is 6.54 Å². The summed E-state index contributed by atoms with van der Waals surface area (Å²) in [6, 6.07) is 9.84. The number of hydrogen-bond acceptors (Lipinski definition) is 3. The maximum Gasteiger partial charge on any atom is 0.252 e. The molecular weight excluding hydrogens is 333 g/mol. The molecule has 0 saturated carbocycles. The van der Waals surface area contributed by atoms with Crippen molar-refractivity contribution in [3.63, 3.8) is 0 Å². The zero-order chi connectivity index (χ0) is 18.3. The van der Waals surface area contributed by atoms with Crippen LogP contribution in [0.4, 0.5) is 4.39 Å². The lowest BCUT2D eigenvalue weighted by Gasteiger charge is -2.32. The zero-order valence-corrected chi connectivity index (χ0v) is 14.3. The fourth-order valence-corrected chi connectivity index (χ4v) is 3.58. The van der Waals surface area contributed by atoms with Crippen molar-refractivity contribution in [2.45, 2.75) is 25.2 Å². The molecule has 4 rings (SSSR count). The number of rotatable bonds is 2. The number of nitrogens with zero attached hydrogens (tertiary/aromatic N) is 1. The Labute approximate surface area is 149 Å². The Morgan fingerprint density at radius 2 is 2.04 bits per heavy atom. The maximum absolute atomic E-state index is 14.3. The van der Waals surface area contributed by atoms with Crippen molar-refractivity contribution < 1.29 is 9.18 Å². The number of halogens is 1. The van der Waals surface area contributed by atoms with Crippen molar-refractivity contribution in [1.29, 1.82) is 0 Å². The third-order valence-electron chi connectivity index (χ3n) is 5.13. The van der Waals surface area contributed by atoms with Gasteiger partial charge in [-0.15, -0.1) is 0 Å². The number of nitrogens with one attached hydrogen (secondary N) is 2. The second kappa shape index (κ2) is 6.05. The number of fused-ring (bicyclic) bond motifs is 1. The van der Waals surface area contributed by atoms with Gasteiger partial charge in [0.2, 0.25) is 5.91 Å². The number of aromatic amines is 1. The van der Waals surface area contributed by atoms with Crippen LogP contribution in [0.25, 0.3) is 22.2 Å². The Morgan fingerprint density at radius 3 is 2.81 bits per heavy atom. The molecule has 1 atom stereocenters. The third kappa shape index (κ3) is 2.58. The predicted molar refractivity (Wildman–Crippen MR) is 97.4 cm³/mol. The molecular formula is C20H18FN3O2. The topological polar surface area (TPSA) is 74.8 Å². The molecule has 0 radical (unpaired) electrons. The van der Waals surface area contributed by atoms with E-state index >= 15 is 0 Å². The Kier molecular flexibility index (Phi) is 3.83. The second-order valence-electron chi connectivity index (χ2n) is 6.83. The van der Waals surface area contributed by atoms with Crippen LogP contribution in [0.5, 0.6) is 0 Å². The quantitative estimate of drug-likeness (QED) is 0.745. The Morgan fingerprint density at radius 1 is 1.19 bits per heavy atom. The molecule has 1 aromatic carbocycles. The summed E-state index contributed by atoms with van der Waals surface area (Å²) in [6.45, 7) is 2.42. The molecule has 1 amide bonds. The molecule has 132 valence electrons. The molecule has 26 heavy (non-hydrogen) atoms. The van der Waals surface area contributed by atoms with Crippen molar-refractivity contribution in [2.24, 2.45) is 0 Å². The van der Waals surface area contributed by atoms with Crippen LogP contribution in [0.2, 0.25) is 0 Å². The molecule has 1 aliphatic heterocycles. The number of carbonyl (C=O) groups is 1. The number of piperidine rings is 1. The van der Waals surface area contributed by atoms with Gasteiger partial charge >= 0.3 is 0 Å². The van der Waals surface area contributed by atoms with Crippen LogP contribution < -0.4 is 10.9 Å². The molecule has 1 aliphatic rings. The first-order valence-corrected chi connectivity index (χ1v) is 8.56. The SMILES string of the molecule is C[C@]1(c2ccc(-c3cc(F)c4cccnc4c3)[nH]c2=O)CCCNC1=O. The number of benzene rings is 1. The summed E-state index contributed by atoms with van der Waals surface area (Å²) in [4.78, 5) is 31.9. The van der Waals surface area contributed by atoms with Crippen LogP contribution in [-0.2, 0) is 10.2 Å². The van der Waals surface area contributed by atoms with Gasteiger partial charge in [-0.3, -0.25) is 14.6 Å². The Hall–Kier alpha value is -3.02. The van der Waals surface area contributed by atoms with E-state index in [-0.39, 0.29) is 11.5 Å². The number of H-pyrrole nitrogens is 1. The summed E-state index contributed by atoms with van der Waals surface area (Å²) in [7, 11) is 0. The van der Waals surface area contributed by atoms with Crippen molar-refractivity contribution in [3.05, 3.63) is 64.3 Å². The van der Waals surface area contributed by atoms with E-state index in [1.807, 2.05) is 0 Å². The van der Waals surface area contributed by atoms with E-state index < -0.39 is 11.2 Å². The summed E-state index contributed by atoms with van der Waals surface area (Å²) in [5, 5.41) is 3.25. The second-order valence-corrected chi connectivity index (χ2v) is 6.83.